The maximum atomic E-state index is 10.6. The van der Waals surface area contributed by atoms with Gasteiger partial charge in [0.05, 0.1) is 12.7 Å². The van der Waals surface area contributed by atoms with E-state index in [1.165, 1.54) is 6.20 Å². The molecule has 1 aromatic rings. The number of ether oxygens (including phenoxy) is 1. The first kappa shape index (κ1) is 14.0. The van der Waals surface area contributed by atoms with Gasteiger partial charge < -0.3 is 15.2 Å². The van der Waals surface area contributed by atoms with Gasteiger partial charge in [-0.15, -0.1) is 5.10 Å². The minimum Gasteiger partial charge on any atom is -0.476 e. The fourth-order valence-corrected chi connectivity index (χ4v) is 2.13. The molecule has 106 valence electrons. The molecule has 19 heavy (non-hydrogen) atoms. The number of aromatic carboxylic acids is 1. The van der Waals surface area contributed by atoms with Crippen LogP contribution in [0.5, 0.6) is 0 Å². The summed E-state index contributed by atoms with van der Waals surface area (Å²) in [5.41, 5.74) is 0.281. The lowest BCUT2D eigenvalue weighted by Gasteiger charge is -2.33. The van der Waals surface area contributed by atoms with E-state index >= 15 is 0 Å². The smallest absolute Gasteiger partial charge is 0.358 e. The Morgan fingerprint density at radius 3 is 2.95 bits per heavy atom. The average molecular weight is 268 g/mol. The SMILES string of the molecule is CC1(CNCCn2cc(C(=O)O)nn2)CCOCC1. The highest BCUT2D eigenvalue weighted by atomic mass is 16.5. The average Bonchev–Trinajstić information content (AvgIpc) is 2.84. The highest BCUT2D eigenvalue weighted by Crippen LogP contribution is 2.28. The van der Waals surface area contributed by atoms with Crippen molar-refractivity contribution in [1.29, 1.82) is 0 Å². The molecule has 0 aliphatic carbocycles. The molecule has 0 unspecified atom stereocenters. The fraction of sp³-hybridized carbons (Fsp3) is 0.750. The van der Waals surface area contributed by atoms with Gasteiger partial charge >= 0.3 is 5.97 Å². The van der Waals surface area contributed by atoms with E-state index in [1.54, 1.807) is 4.68 Å². The van der Waals surface area contributed by atoms with Gasteiger partial charge in [-0.3, -0.25) is 4.68 Å². The van der Waals surface area contributed by atoms with Gasteiger partial charge in [0.15, 0.2) is 5.69 Å². The third-order valence-corrected chi connectivity index (χ3v) is 3.53. The van der Waals surface area contributed by atoms with Gasteiger partial charge in [0, 0.05) is 26.3 Å². The molecule has 1 aliphatic rings. The number of carboxylic acids is 1. The highest BCUT2D eigenvalue weighted by molar-refractivity contribution is 5.84. The molecule has 0 bridgehead atoms. The molecule has 1 aromatic heterocycles. The van der Waals surface area contributed by atoms with Crippen LogP contribution in [0.2, 0.25) is 0 Å². The van der Waals surface area contributed by atoms with Gasteiger partial charge in [0.25, 0.3) is 0 Å². The number of hydrogen-bond donors (Lipinski definition) is 2. The van der Waals surface area contributed by atoms with E-state index in [1.807, 2.05) is 0 Å². The molecule has 2 heterocycles. The number of rotatable bonds is 6. The zero-order chi connectivity index (χ0) is 13.7. The quantitative estimate of drug-likeness (QED) is 0.725. The van der Waals surface area contributed by atoms with E-state index in [9.17, 15) is 4.79 Å². The van der Waals surface area contributed by atoms with Crippen molar-refractivity contribution >= 4 is 5.97 Å². The molecule has 0 radical (unpaired) electrons. The van der Waals surface area contributed by atoms with E-state index in [2.05, 4.69) is 22.6 Å². The third kappa shape index (κ3) is 4.00. The second kappa shape index (κ2) is 6.12. The summed E-state index contributed by atoms with van der Waals surface area (Å²) in [5, 5.41) is 19.5. The molecular weight excluding hydrogens is 248 g/mol. The summed E-state index contributed by atoms with van der Waals surface area (Å²) in [6, 6.07) is 0. The maximum Gasteiger partial charge on any atom is 0.358 e. The molecule has 0 spiro atoms. The van der Waals surface area contributed by atoms with E-state index < -0.39 is 5.97 Å². The highest BCUT2D eigenvalue weighted by Gasteiger charge is 2.26. The molecule has 0 amide bonds. The minimum absolute atomic E-state index is 0.0172. The molecule has 7 heteroatoms. The van der Waals surface area contributed by atoms with Gasteiger partial charge in [-0.1, -0.05) is 12.1 Å². The number of carbonyl (C=O) groups is 1. The Labute approximate surface area is 111 Å². The van der Waals surface area contributed by atoms with Crippen LogP contribution in [0.3, 0.4) is 0 Å². The molecule has 0 atom stereocenters. The van der Waals surface area contributed by atoms with Crippen molar-refractivity contribution in [2.24, 2.45) is 5.41 Å². The Kier molecular flexibility index (Phi) is 4.49. The van der Waals surface area contributed by atoms with Crippen LogP contribution in [0.25, 0.3) is 0 Å². The Balaban J connectivity index is 1.69. The van der Waals surface area contributed by atoms with Crippen molar-refractivity contribution in [2.45, 2.75) is 26.3 Å². The molecule has 7 nitrogen and oxygen atoms in total. The number of aromatic nitrogens is 3. The second-order valence-corrected chi connectivity index (χ2v) is 5.27. The summed E-state index contributed by atoms with van der Waals surface area (Å²) < 4.78 is 6.90. The topological polar surface area (TPSA) is 89.3 Å². The summed E-state index contributed by atoms with van der Waals surface area (Å²) >= 11 is 0. The third-order valence-electron chi connectivity index (χ3n) is 3.53. The fourth-order valence-electron chi connectivity index (χ4n) is 2.13. The van der Waals surface area contributed by atoms with E-state index in [0.29, 0.717) is 12.0 Å². The molecule has 2 rings (SSSR count). The van der Waals surface area contributed by atoms with Crippen LogP contribution in [-0.4, -0.2) is 52.4 Å². The summed E-state index contributed by atoms with van der Waals surface area (Å²) in [6.07, 6.45) is 3.60. The lowest BCUT2D eigenvalue weighted by atomic mass is 9.82. The first-order valence-electron chi connectivity index (χ1n) is 6.51. The van der Waals surface area contributed by atoms with Crippen molar-refractivity contribution in [1.82, 2.24) is 20.3 Å². The molecule has 1 aliphatic heterocycles. The Hall–Kier alpha value is -1.47. The zero-order valence-electron chi connectivity index (χ0n) is 11.1. The van der Waals surface area contributed by atoms with Gasteiger partial charge in [-0.25, -0.2) is 4.79 Å². The van der Waals surface area contributed by atoms with Crippen LogP contribution < -0.4 is 5.32 Å². The maximum absolute atomic E-state index is 10.6. The van der Waals surface area contributed by atoms with Gasteiger partial charge in [-0.05, 0) is 18.3 Å². The summed E-state index contributed by atoms with van der Waals surface area (Å²) in [7, 11) is 0. The molecular formula is C12H20N4O3. The Morgan fingerprint density at radius 2 is 2.32 bits per heavy atom. The lowest BCUT2D eigenvalue weighted by Crippen LogP contribution is -2.37. The second-order valence-electron chi connectivity index (χ2n) is 5.27. The van der Waals surface area contributed by atoms with E-state index in [4.69, 9.17) is 9.84 Å². The van der Waals surface area contributed by atoms with Crippen molar-refractivity contribution in [3.05, 3.63) is 11.9 Å². The van der Waals surface area contributed by atoms with Gasteiger partial charge in [0.1, 0.15) is 0 Å². The predicted molar refractivity (Wildman–Crippen MR) is 68.0 cm³/mol. The van der Waals surface area contributed by atoms with E-state index in [0.717, 1.165) is 39.1 Å². The summed E-state index contributed by atoms with van der Waals surface area (Å²) in [5.74, 6) is -1.05. The number of hydrogen-bond acceptors (Lipinski definition) is 5. The van der Waals surface area contributed by atoms with Crippen molar-refractivity contribution < 1.29 is 14.6 Å². The lowest BCUT2D eigenvalue weighted by molar-refractivity contribution is 0.0241. The van der Waals surface area contributed by atoms with Crippen LogP contribution in [0.1, 0.15) is 30.3 Å². The summed E-state index contributed by atoms with van der Waals surface area (Å²) in [4.78, 5) is 10.6. The van der Waals surface area contributed by atoms with Crippen LogP contribution in [0.15, 0.2) is 6.20 Å². The van der Waals surface area contributed by atoms with Crippen LogP contribution in [0.4, 0.5) is 0 Å². The number of nitrogens with one attached hydrogen (secondary N) is 1. The molecule has 0 saturated carbocycles. The Bertz CT molecular complexity index is 426. The molecule has 1 fully saturated rings. The van der Waals surface area contributed by atoms with Crippen molar-refractivity contribution in [2.75, 3.05) is 26.3 Å². The predicted octanol–water partition coefficient (Wildman–Crippen LogP) is 0.383. The molecule has 2 N–H and O–H groups in total. The minimum atomic E-state index is -1.05. The Morgan fingerprint density at radius 1 is 1.58 bits per heavy atom. The number of carboxylic acid groups (broad SMARTS) is 1. The first-order chi connectivity index (χ1) is 9.09. The first-order valence-corrected chi connectivity index (χ1v) is 6.51. The molecule has 1 saturated heterocycles. The largest absolute Gasteiger partial charge is 0.476 e. The van der Waals surface area contributed by atoms with Gasteiger partial charge in [-0.2, -0.15) is 0 Å². The van der Waals surface area contributed by atoms with E-state index in [-0.39, 0.29) is 5.69 Å². The number of nitrogens with zero attached hydrogens (tertiary/aromatic N) is 3. The van der Waals surface area contributed by atoms with Crippen molar-refractivity contribution in [3.8, 4) is 0 Å². The normalized spacial score (nSPS) is 18.4. The van der Waals surface area contributed by atoms with Gasteiger partial charge in [0.2, 0.25) is 0 Å². The molecule has 0 aromatic carbocycles. The zero-order valence-corrected chi connectivity index (χ0v) is 11.1. The van der Waals surface area contributed by atoms with Crippen molar-refractivity contribution in [3.63, 3.8) is 0 Å². The monoisotopic (exact) mass is 268 g/mol. The van der Waals surface area contributed by atoms with Crippen LogP contribution in [-0.2, 0) is 11.3 Å². The van der Waals surface area contributed by atoms with Crippen LogP contribution >= 0.6 is 0 Å². The van der Waals surface area contributed by atoms with Crippen LogP contribution in [0, 0.1) is 5.41 Å². The standard InChI is InChI=1S/C12H20N4O3/c1-12(2-6-19-7-3-12)9-13-4-5-16-8-10(11(17)18)14-15-16/h8,13H,2-7,9H2,1H3,(H,17,18). The summed E-state index contributed by atoms with van der Waals surface area (Å²) in [6.45, 7) is 6.25.